The van der Waals surface area contributed by atoms with E-state index in [0.717, 1.165) is 5.57 Å². The van der Waals surface area contributed by atoms with Crippen LogP contribution in [0, 0.1) is 10.1 Å². The number of nitrogens with zero attached hydrogens (tertiary/aromatic N) is 1. The van der Waals surface area contributed by atoms with Crippen molar-refractivity contribution in [1.29, 1.82) is 0 Å². The van der Waals surface area contributed by atoms with Gasteiger partial charge in [0.2, 0.25) is 5.75 Å². The minimum absolute atomic E-state index is 0.115. The van der Waals surface area contributed by atoms with Crippen LogP contribution in [-0.2, 0) is 0 Å². The number of aliphatic hydroxyl groups excluding tert-OH is 1. The molecule has 0 aromatic heterocycles. The van der Waals surface area contributed by atoms with E-state index < -0.39 is 11.0 Å². The van der Waals surface area contributed by atoms with Crippen molar-refractivity contribution in [1.82, 2.24) is 0 Å². The number of benzene rings is 1. The Kier molecular flexibility index (Phi) is 5.50. The van der Waals surface area contributed by atoms with Gasteiger partial charge < -0.3 is 9.84 Å². The molecule has 104 valence electrons. The van der Waals surface area contributed by atoms with E-state index in [9.17, 15) is 15.2 Å². The largest absolute Gasteiger partial charge is 0.486 e. The minimum atomic E-state index is -0.851. The molecule has 0 radical (unpaired) electrons. The predicted molar refractivity (Wildman–Crippen MR) is 76.4 cm³/mol. The number of ether oxygens (including phenoxy) is 1. The quantitative estimate of drug-likeness (QED) is 0.490. The van der Waals surface area contributed by atoms with Gasteiger partial charge in [0.25, 0.3) is 0 Å². The molecule has 1 rings (SSSR count). The van der Waals surface area contributed by atoms with Crippen molar-refractivity contribution in [3.8, 4) is 5.75 Å². The van der Waals surface area contributed by atoms with Crippen LogP contribution < -0.4 is 4.74 Å². The average molecular weight is 330 g/mol. The van der Waals surface area contributed by atoms with E-state index in [-0.39, 0.29) is 18.0 Å². The summed E-state index contributed by atoms with van der Waals surface area (Å²) in [6.07, 6.45) is -0.247. The van der Waals surface area contributed by atoms with Gasteiger partial charge in [0, 0.05) is 22.5 Å². The first-order valence-electron chi connectivity index (χ1n) is 5.76. The number of nitro benzene ring substituents is 1. The summed E-state index contributed by atoms with van der Waals surface area (Å²) in [6.45, 7) is 7.43. The number of rotatable bonds is 6. The molecular weight excluding hydrogens is 314 g/mol. The fraction of sp³-hybridized carbons (Fsp3) is 0.385. The van der Waals surface area contributed by atoms with Crippen LogP contribution >= 0.6 is 15.9 Å². The smallest absolute Gasteiger partial charge is 0.312 e. The normalized spacial score (nSPS) is 12.0. The van der Waals surface area contributed by atoms with Gasteiger partial charge in [0.1, 0.15) is 0 Å². The second-order valence-electron chi connectivity index (χ2n) is 4.33. The van der Waals surface area contributed by atoms with Gasteiger partial charge in [-0.3, -0.25) is 10.1 Å². The molecule has 0 aliphatic carbocycles. The number of aliphatic hydroxyl groups is 1. The summed E-state index contributed by atoms with van der Waals surface area (Å²) < 4.78 is 6.00. The van der Waals surface area contributed by atoms with E-state index in [1.54, 1.807) is 6.07 Å². The molecule has 1 N–H and O–H groups in total. The zero-order chi connectivity index (χ0) is 14.6. The van der Waals surface area contributed by atoms with Crippen molar-refractivity contribution in [2.45, 2.75) is 26.4 Å². The highest BCUT2D eigenvalue weighted by molar-refractivity contribution is 9.10. The second-order valence-corrected chi connectivity index (χ2v) is 5.25. The first-order valence-corrected chi connectivity index (χ1v) is 6.55. The average Bonchev–Trinajstić information content (AvgIpc) is 2.29. The number of halogens is 1. The maximum Gasteiger partial charge on any atom is 0.312 e. The number of nitro groups is 1. The first-order chi connectivity index (χ1) is 8.82. The monoisotopic (exact) mass is 329 g/mol. The van der Waals surface area contributed by atoms with Crippen LogP contribution in [0.1, 0.15) is 31.9 Å². The molecule has 0 amide bonds. The molecule has 1 atom stereocenters. The van der Waals surface area contributed by atoms with Gasteiger partial charge in [0.15, 0.2) is 0 Å². The van der Waals surface area contributed by atoms with E-state index in [1.807, 2.05) is 6.92 Å². The Morgan fingerprint density at radius 1 is 1.63 bits per heavy atom. The Morgan fingerprint density at radius 3 is 2.74 bits per heavy atom. The van der Waals surface area contributed by atoms with Gasteiger partial charge in [-0.15, -0.1) is 6.58 Å². The summed E-state index contributed by atoms with van der Waals surface area (Å²) in [5.74, 6) is 0.115. The summed E-state index contributed by atoms with van der Waals surface area (Å²) >= 11 is 3.19. The molecular formula is C13H16BrNO4. The highest BCUT2D eigenvalue weighted by atomic mass is 79.9. The lowest BCUT2D eigenvalue weighted by Gasteiger charge is -2.14. The second kappa shape index (κ2) is 6.68. The molecule has 0 bridgehead atoms. The Hall–Kier alpha value is -1.40. The molecule has 0 aliphatic rings. The van der Waals surface area contributed by atoms with Gasteiger partial charge in [0.05, 0.1) is 17.6 Å². The molecule has 0 unspecified atom stereocenters. The van der Waals surface area contributed by atoms with E-state index >= 15 is 0 Å². The van der Waals surface area contributed by atoms with Gasteiger partial charge in [-0.1, -0.05) is 21.5 Å². The summed E-state index contributed by atoms with van der Waals surface area (Å²) in [4.78, 5) is 10.5. The summed E-state index contributed by atoms with van der Waals surface area (Å²) in [7, 11) is 0. The lowest BCUT2D eigenvalue weighted by atomic mass is 10.1. The van der Waals surface area contributed by atoms with E-state index in [0.29, 0.717) is 16.5 Å². The predicted octanol–water partition coefficient (Wildman–Crippen LogP) is 3.76. The van der Waals surface area contributed by atoms with Crippen LogP contribution in [0.2, 0.25) is 0 Å². The fourth-order valence-electron chi connectivity index (χ4n) is 1.53. The van der Waals surface area contributed by atoms with Crippen LogP contribution in [0.15, 0.2) is 28.8 Å². The molecule has 0 aliphatic heterocycles. The molecule has 19 heavy (non-hydrogen) atoms. The first kappa shape index (κ1) is 15.7. The molecule has 0 saturated heterocycles. The molecule has 5 nitrogen and oxygen atoms in total. The highest BCUT2D eigenvalue weighted by Gasteiger charge is 2.23. The lowest BCUT2D eigenvalue weighted by Crippen LogP contribution is -2.06. The molecule has 0 saturated carbocycles. The van der Waals surface area contributed by atoms with Crippen LogP contribution in [-0.4, -0.2) is 16.6 Å². The van der Waals surface area contributed by atoms with Crippen molar-refractivity contribution in [3.63, 3.8) is 0 Å². The van der Waals surface area contributed by atoms with E-state index in [4.69, 9.17) is 4.74 Å². The molecule has 6 heteroatoms. The number of hydrogen-bond donors (Lipinski definition) is 1. The van der Waals surface area contributed by atoms with E-state index in [1.165, 1.54) is 13.0 Å². The Labute approximate surface area is 120 Å². The van der Waals surface area contributed by atoms with Crippen LogP contribution in [0.5, 0.6) is 5.75 Å². The third-order valence-corrected chi connectivity index (χ3v) is 2.94. The standard InChI is InChI=1S/C13H16BrNO4/c1-8(2)4-5-19-13-11(9(3)16)6-10(14)7-12(13)15(17)18/h6-7,9,16H,1,4-5H2,2-3H3/t9-/m0/s1. The van der Waals surface area contributed by atoms with Gasteiger partial charge in [-0.25, -0.2) is 0 Å². The Bertz CT molecular complexity index is 500. The fourth-order valence-corrected chi connectivity index (χ4v) is 1.99. The van der Waals surface area contributed by atoms with Crippen LogP contribution in [0.4, 0.5) is 5.69 Å². The summed E-state index contributed by atoms with van der Waals surface area (Å²) in [6, 6.07) is 2.98. The summed E-state index contributed by atoms with van der Waals surface area (Å²) in [5.41, 5.74) is 1.16. The number of hydrogen-bond acceptors (Lipinski definition) is 4. The zero-order valence-corrected chi connectivity index (χ0v) is 12.4. The Morgan fingerprint density at radius 2 is 2.26 bits per heavy atom. The van der Waals surface area contributed by atoms with Gasteiger partial charge in [-0.05, 0) is 19.9 Å². The molecule has 1 aromatic rings. The van der Waals surface area contributed by atoms with Crippen molar-refractivity contribution in [2.24, 2.45) is 0 Å². The van der Waals surface area contributed by atoms with Crippen molar-refractivity contribution >= 4 is 21.6 Å². The molecule has 1 aromatic carbocycles. The third-order valence-electron chi connectivity index (χ3n) is 2.48. The topological polar surface area (TPSA) is 72.6 Å². The van der Waals surface area contributed by atoms with Gasteiger partial charge >= 0.3 is 5.69 Å². The van der Waals surface area contributed by atoms with Gasteiger partial charge in [-0.2, -0.15) is 0 Å². The van der Waals surface area contributed by atoms with Crippen LogP contribution in [0.3, 0.4) is 0 Å². The Balaban J connectivity index is 3.15. The molecule has 0 spiro atoms. The van der Waals surface area contributed by atoms with E-state index in [2.05, 4.69) is 22.5 Å². The van der Waals surface area contributed by atoms with Crippen molar-refractivity contribution in [2.75, 3.05) is 6.61 Å². The lowest BCUT2D eigenvalue weighted by molar-refractivity contribution is -0.386. The summed E-state index contributed by atoms with van der Waals surface area (Å²) in [5, 5.41) is 20.8. The molecule has 0 heterocycles. The SMILES string of the molecule is C=C(C)CCOc1c([C@H](C)O)cc(Br)cc1[N+](=O)[O-]. The maximum absolute atomic E-state index is 11.1. The zero-order valence-electron chi connectivity index (χ0n) is 10.9. The third kappa shape index (κ3) is 4.33. The minimum Gasteiger partial charge on any atom is -0.486 e. The highest BCUT2D eigenvalue weighted by Crippen LogP contribution is 2.37. The molecule has 0 fully saturated rings. The van der Waals surface area contributed by atoms with Crippen LogP contribution in [0.25, 0.3) is 0 Å². The maximum atomic E-state index is 11.1. The van der Waals surface area contributed by atoms with Crippen molar-refractivity contribution < 1.29 is 14.8 Å². The van der Waals surface area contributed by atoms with Crippen molar-refractivity contribution in [3.05, 3.63) is 44.4 Å².